The molecular weight excluding hydrogens is 135 g/mol. The molecule has 0 bridgehead atoms. The fraction of sp³-hybridized carbons (Fsp3) is 0.250. The van der Waals surface area contributed by atoms with E-state index in [1.807, 2.05) is 0 Å². The second-order valence-corrected chi connectivity index (χ2v) is 1.38. The third kappa shape index (κ3) is 1.22. The maximum Gasteiger partial charge on any atom is 0.436 e. The van der Waals surface area contributed by atoms with Crippen LogP contribution in [-0.4, -0.2) is 5.16 Å². The lowest BCUT2D eigenvalue weighted by atomic mass is 10.4. The molecule has 0 aliphatic rings. The highest BCUT2D eigenvalue weighted by atomic mass is 19.4. The maximum atomic E-state index is 11.5. The van der Waals surface area contributed by atoms with Gasteiger partial charge in [-0.3, -0.25) is 0 Å². The average Bonchev–Trinajstić information content (AvgIpc) is 2.08. The van der Waals surface area contributed by atoms with Crippen molar-refractivity contribution in [2.24, 2.45) is 0 Å². The number of hydrogen-bond donors (Lipinski definition) is 0. The van der Waals surface area contributed by atoms with Crippen LogP contribution >= 0.6 is 0 Å². The number of alkyl halides is 3. The molecule has 0 saturated carbocycles. The van der Waals surface area contributed by atoms with Crippen LogP contribution in [0.3, 0.4) is 0 Å². The Morgan fingerprint density at radius 3 is 2.33 bits per heavy atom. The van der Waals surface area contributed by atoms with E-state index in [2.05, 4.69) is 9.68 Å². The first-order valence-electron chi connectivity index (χ1n) is 2.08. The summed E-state index contributed by atoms with van der Waals surface area (Å²) < 4.78 is 38.5. The number of aromatic nitrogens is 1. The third-order valence-electron chi connectivity index (χ3n) is 0.728. The standard InChI is InChI=1S/C4H2F3NO/c5-4(6,7)3-1-2-9-8-3/h1-2H. The molecule has 2 nitrogen and oxygen atoms in total. The summed E-state index contributed by atoms with van der Waals surface area (Å²) >= 11 is 0. The van der Waals surface area contributed by atoms with E-state index < -0.39 is 11.9 Å². The molecular formula is C4H2F3NO. The fourth-order valence-corrected chi connectivity index (χ4v) is 0.359. The van der Waals surface area contributed by atoms with Crippen LogP contribution in [0.5, 0.6) is 0 Å². The topological polar surface area (TPSA) is 26.0 Å². The summed E-state index contributed by atoms with van der Waals surface area (Å²) in [5.74, 6) is 0. The third-order valence-corrected chi connectivity index (χ3v) is 0.728. The van der Waals surface area contributed by atoms with Crippen LogP contribution in [0, 0.1) is 0 Å². The van der Waals surface area contributed by atoms with Gasteiger partial charge in [0.1, 0.15) is 6.26 Å². The molecule has 1 heterocycles. The Morgan fingerprint density at radius 2 is 2.11 bits per heavy atom. The van der Waals surface area contributed by atoms with E-state index in [9.17, 15) is 13.2 Å². The smallest absolute Gasteiger partial charge is 0.364 e. The summed E-state index contributed by atoms with van der Waals surface area (Å²) in [4.78, 5) is 0. The number of nitrogens with zero attached hydrogens (tertiary/aromatic N) is 1. The van der Waals surface area contributed by atoms with Gasteiger partial charge in [0.25, 0.3) is 0 Å². The zero-order chi connectivity index (χ0) is 6.91. The van der Waals surface area contributed by atoms with Crippen molar-refractivity contribution >= 4 is 0 Å². The lowest BCUT2D eigenvalue weighted by Gasteiger charge is -1.97. The summed E-state index contributed by atoms with van der Waals surface area (Å²) in [5.41, 5.74) is -0.998. The molecule has 0 unspecified atom stereocenters. The van der Waals surface area contributed by atoms with Gasteiger partial charge in [0, 0.05) is 6.07 Å². The first-order valence-corrected chi connectivity index (χ1v) is 2.08. The Hall–Kier alpha value is -1.00. The molecule has 1 aromatic rings. The molecule has 50 valence electrons. The molecule has 1 aromatic heterocycles. The molecule has 0 atom stereocenters. The molecule has 0 radical (unpaired) electrons. The highest BCUT2D eigenvalue weighted by Gasteiger charge is 2.33. The maximum absolute atomic E-state index is 11.5. The van der Waals surface area contributed by atoms with Crippen LogP contribution < -0.4 is 0 Å². The van der Waals surface area contributed by atoms with Gasteiger partial charge in [0.15, 0.2) is 5.69 Å². The van der Waals surface area contributed by atoms with Crippen LogP contribution in [-0.2, 0) is 6.18 Å². The second-order valence-electron chi connectivity index (χ2n) is 1.38. The van der Waals surface area contributed by atoms with Gasteiger partial charge >= 0.3 is 6.18 Å². The SMILES string of the molecule is FC(F)(F)c1ccon1. The van der Waals surface area contributed by atoms with Crippen LogP contribution in [0.1, 0.15) is 5.69 Å². The van der Waals surface area contributed by atoms with E-state index in [1.165, 1.54) is 0 Å². The van der Waals surface area contributed by atoms with Crippen LogP contribution in [0.2, 0.25) is 0 Å². The van der Waals surface area contributed by atoms with Crippen molar-refractivity contribution in [2.75, 3.05) is 0 Å². The molecule has 0 amide bonds. The molecule has 0 N–H and O–H groups in total. The molecule has 0 saturated heterocycles. The fourth-order valence-electron chi connectivity index (χ4n) is 0.359. The molecule has 0 aliphatic heterocycles. The predicted molar refractivity (Wildman–Crippen MR) is 21.5 cm³/mol. The summed E-state index contributed by atoms with van der Waals surface area (Å²) in [6, 6.07) is 0.764. The van der Waals surface area contributed by atoms with Crippen molar-refractivity contribution < 1.29 is 17.7 Å². The van der Waals surface area contributed by atoms with Gasteiger partial charge in [-0.15, -0.1) is 0 Å². The van der Waals surface area contributed by atoms with E-state index in [0.29, 0.717) is 0 Å². The molecule has 0 aliphatic carbocycles. The van der Waals surface area contributed by atoms with Crippen molar-refractivity contribution in [1.29, 1.82) is 0 Å². The van der Waals surface area contributed by atoms with Crippen LogP contribution in [0.4, 0.5) is 13.2 Å². The van der Waals surface area contributed by atoms with E-state index >= 15 is 0 Å². The Bertz CT molecular complexity index is 178. The van der Waals surface area contributed by atoms with E-state index in [1.54, 1.807) is 0 Å². The Morgan fingerprint density at radius 1 is 1.44 bits per heavy atom. The summed E-state index contributed by atoms with van der Waals surface area (Å²) in [6.45, 7) is 0. The number of halogens is 3. The highest BCUT2D eigenvalue weighted by molar-refractivity contribution is 4.99. The minimum absolute atomic E-state index is 0.764. The van der Waals surface area contributed by atoms with E-state index in [4.69, 9.17) is 0 Å². The van der Waals surface area contributed by atoms with E-state index in [-0.39, 0.29) is 0 Å². The molecule has 0 fully saturated rings. The van der Waals surface area contributed by atoms with Gasteiger partial charge in [-0.2, -0.15) is 13.2 Å². The molecule has 5 heteroatoms. The molecule has 1 rings (SSSR count). The van der Waals surface area contributed by atoms with Crippen molar-refractivity contribution in [2.45, 2.75) is 6.18 Å². The molecule has 0 spiro atoms. The van der Waals surface area contributed by atoms with Gasteiger partial charge < -0.3 is 4.52 Å². The quantitative estimate of drug-likeness (QED) is 0.543. The predicted octanol–water partition coefficient (Wildman–Crippen LogP) is 1.69. The Labute approximate surface area is 48.3 Å². The zero-order valence-corrected chi connectivity index (χ0v) is 4.14. The minimum Gasteiger partial charge on any atom is -0.364 e. The molecule has 9 heavy (non-hydrogen) atoms. The molecule has 0 aromatic carbocycles. The number of rotatable bonds is 0. The largest absolute Gasteiger partial charge is 0.436 e. The Balaban J connectivity index is 2.90. The average molecular weight is 137 g/mol. The van der Waals surface area contributed by atoms with Crippen molar-refractivity contribution in [1.82, 2.24) is 5.16 Å². The normalized spacial score (nSPS) is 11.9. The first kappa shape index (κ1) is 6.12. The monoisotopic (exact) mass is 137 g/mol. The highest BCUT2D eigenvalue weighted by Crippen LogP contribution is 2.26. The van der Waals surface area contributed by atoms with Crippen molar-refractivity contribution in [3.63, 3.8) is 0 Å². The lowest BCUT2D eigenvalue weighted by Crippen LogP contribution is -2.04. The zero-order valence-electron chi connectivity index (χ0n) is 4.14. The van der Waals surface area contributed by atoms with Crippen molar-refractivity contribution in [3.05, 3.63) is 18.0 Å². The van der Waals surface area contributed by atoms with Crippen LogP contribution in [0.15, 0.2) is 16.9 Å². The summed E-state index contributed by atoms with van der Waals surface area (Å²) in [7, 11) is 0. The minimum atomic E-state index is -4.38. The lowest BCUT2D eigenvalue weighted by molar-refractivity contribution is -0.142. The second kappa shape index (κ2) is 1.75. The Kier molecular flexibility index (Phi) is 1.19. The van der Waals surface area contributed by atoms with Gasteiger partial charge in [-0.25, -0.2) is 0 Å². The first-order chi connectivity index (χ1) is 4.11. The van der Waals surface area contributed by atoms with E-state index in [0.717, 1.165) is 12.3 Å². The summed E-state index contributed by atoms with van der Waals surface area (Å²) in [6.07, 6.45) is -3.50. The van der Waals surface area contributed by atoms with Gasteiger partial charge in [0.2, 0.25) is 0 Å². The number of hydrogen-bond acceptors (Lipinski definition) is 2. The van der Waals surface area contributed by atoms with Gasteiger partial charge in [-0.1, -0.05) is 5.16 Å². The van der Waals surface area contributed by atoms with Gasteiger partial charge in [0.05, 0.1) is 0 Å². The van der Waals surface area contributed by atoms with Crippen molar-refractivity contribution in [3.8, 4) is 0 Å². The van der Waals surface area contributed by atoms with Gasteiger partial charge in [-0.05, 0) is 0 Å². The van der Waals surface area contributed by atoms with Crippen LogP contribution in [0.25, 0.3) is 0 Å². The summed E-state index contributed by atoms with van der Waals surface area (Å²) in [5, 5.41) is 2.69.